The number of rotatable bonds is 6. The predicted octanol–water partition coefficient (Wildman–Crippen LogP) is 2.91. The summed E-state index contributed by atoms with van der Waals surface area (Å²) in [5.41, 5.74) is 0. The molecule has 1 saturated carbocycles. The Morgan fingerprint density at radius 2 is 2.23 bits per heavy atom. The van der Waals surface area contributed by atoms with Gasteiger partial charge in [0.2, 0.25) is 0 Å². The van der Waals surface area contributed by atoms with Gasteiger partial charge in [0, 0.05) is 6.04 Å². The molecule has 1 aliphatic carbocycles. The maximum Gasteiger partial charge on any atom is 0.00952 e. The molecule has 0 radical (unpaired) electrons. The summed E-state index contributed by atoms with van der Waals surface area (Å²) in [5, 5.41) is 3.70. The van der Waals surface area contributed by atoms with E-state index in [4.69, 9.17) is 0 Å². The molecular weight excluding hydrogens is 178 g/mol. The molecule has 2 unspecified atom stereocenters. The van der Waals surface area contributed by atoms with E-state index in [0.29, 0.717) is 0 Å². The molecule has 78 valence electrons. The second-order valence-corrected chi connectivity index (χ2v) is 4.99. The lowest BCUT2D eigenvalue weighted by atomic mass is 10.0. The first kappa shape index (κ1) is 11.4. The van der Waals surface area contributed by atoms with E-state index in [2.05, 4.69) is 18.5 Å². The minimum atomic E-state index is 0.840. The van der Waals surface area contributed by atoms with Crippen LogP contribution in [0.1, 0.15) is 39.0 Å². The summed E-state index contributed by atoms with van der Waals surface area (Å²) in [5.74, 6) is 2.27. The lowest BCUT2D eigenvalue weighted by molar-refractivity contribution is 0.392. The minimum absolute atomic E-state index is 0.840. The average Bonchev–Trinajstić information content (AvgIpc) is 2.60. The van der Waals surface area contributed by atoms with Gasteiger partial charge in [-0.15, -0.1) is 0 Å². The van der Waals surface area contributed by atoms with Crippen LogP contribution in [0.15, 0.2) is 0 Å². The van der Waals surface area contributed by atoms with Crippen molar-refractivity contribution in [1.82, 2.24) is 5.32 Å². The van der Waals surface area contributed by atoms with Crippen LogP contribution in [-0.4, -0.2) is 24.6 Å². The Balaban J connectivity index is 2.06. The van der Waals surface area contributed by atoms with Crippen LogP contribution < -0.4 is 5.32 Å². The normalized spacial score (nSPS) is 28.2. The van der Waals surface area contributed by atoms with Crippen LogP contribution in [0.3, 0.4) is 0 Å². The number of hydrogen-bond donors (Lipinski definition) is 1. The quantitative estimate of drug-likeness (QED) is 0.663. The Morgan fingerprint density at radius 1 is 1.38 bits per heavy atom. The van der Waals surface area contributed by atoms with Crippen molar-refractivity contribution >= 4 is 11.8 Å². The van der Waals surface area contributed by atoms with Crippen LogP contribution in [0, 0.1) is 5.92 Å². The SMILES string of the molecule is CCC1CCCC1NCCCSC. The van der Waals surface area contributed by atoms with Gasteiger partial charge < -0.3 is 5.32 Å². The first-order chi connectivity index (χ1) is 6.38. The van der Waals surface area contributed by atoms with Gasteiger partial charge in [-0.1, -0.05) is 19.8 Å². The summed E-state index contributed by atoms with van der Waals surface area (Å²) in [6.45, 7) is 3.55. The molecule has 2 heteroatoms. The summed E-state index contributed by atoms with van der Waals surface area (Å²) in [7, 11) is 0. The maximum absolute atomic E-state index is 3.70. The van der Waals surface area contributed by atoms with E-state index in [1.54, 1.807) is 0 Å². The fraction of sp³-hybridized carbons (Fsp3) is 1.00. The lowest BCUT2D eigenvalue weighted by Gasteiger charge is -2.19. The second-order valence-electron chi connectivity index (χ2n) is 4.01. The molecule has 1 nitrogen and oxygen atoms in total. The van der Waals surface area contributed by atoms with E-state index in [1.165, 1.54) is 44.4 Å². The maximum atomic E-state index is 3.70. The summed E-state index contributed by atoms with van der Waals surface area (Å²) in [6, 6.07) is 0.840. The van der Waals surface area contributed by atoms with E-state index in [1.807, 2.05) is 11.8 Å². The van der Waals surface area contributed by atoms with Crippen molar-refractivity contribution in [3.05, 3.63) is 0 Å². The zero-order chi connectivity index (χ0) is 9.52. The zero-order valence-electron chi connectivity index (χ0n) is 9.01. The number of thioether (sulfide) groups is 1. The Labute approximate surface area is 87.1 Å². The van der Waals surface area contributed by atoms with Crippen LogP contribution in [0.4, 0.5) is 0 Å². The van der Waals surface area contributed by atoms with Gasteiger partial charge in [-0.3, -0.25) is 0 Å². The van der Waals surface area contributed by atoms with E-state index < -0.39 is 0 Å². The van der Waals surface area contributed by atoms with E-state index in [9.17, 15) is 0 Å². The molecule has 1 N–H and O–H groups in total. The van der Waals surface area contributed by atoms with Gasteiger partial charge in [-0.2, -0.15) is 11.8 Å². The van der Waals surface area contributed by atoms with Crippen LogP contribution in [0.2, 0.25) is 0 Å². The minimum Gasteiger partial charge on any atom is -0.314 e. The van der Waals surface area contributed by atoms with Gasteiger partial charge in [0.15, 0.2) is 0 Å². The highest BCUT2D eigenvalue weighted by molar-refractivity contribution is 7.98. The highest BCUT2D eigenvalue weighted by Gasteiger charge is 2.24. The second kappa shape index (κ2) is 6.72. The van der Waals surface area contributed by atoms with Gasteiger partial charge in [0.1, 0.15) is 0 Å². The predicted molar refractivity (Wildman–Crippen MR) is 62.4 cm³/mol. The van der Waals surface area contributed by atoms with E-state index in [-0.39, 0.29) is 0 Å². The molecule has 1 aliphatic rings. The van der Waals surface area contributed by atoms with Crippen molar-refractivity contribution in [1.29, 1.82) is 0 Å². The molecule has 13 heavy (non-hydrogen) atoms. The molecule has 0 bridgehead atoms. The molecule has 0 spiro atoms. The molecule has 0 aromatic carbocycles. The third-order valence-corrected chi connectivity index (χ3v) is 3.81. The van der Waals surface area contributed by atoms with Gasteiger partial charge in [-0.05, 0) is 43.7 Å². The first-order valence-electron chi connectivity index (χ1n) is 5.60. The molecule has 0 aromatic rings. The Morgan fingerprint density at radius 3 is 2.92 bits per heavy atom. The molecule has 2 atom stereocenters. The summed E-state index contributed by atoms with van der Waals surface area (Å²) >= 11 is 1.95. The van der Waals surface area contributed by atoms with Crippen molar-refractivity contribution in [2.75, 3.05) is 18.6 Å². The Bertz CT molecular complexity index is 127. The van der Waals surface area contributed by atoms with Crippen LogP contribution in [0.25, 0.3) is 0 Å². The van der Waals surface area contributed by atoms with Crippen LogP contribution in [0.5, 0.6) is 0 Å². The zero-order valence-corrected chi connectivity index (χ0v) is 9.83. The fourth-order valence-corrected chi connectivity index (χ4v) is 2.73. The monoisotopic (exact) mass is 201 g/mol. The Kier molecular flexibility index (Phi) is 5.88. The fourth-order valence-electron chi connectivity index (χ4n) is 2.30. The molecule has 0 amide bonds. The van der Waals surface area contributed by atoms with Gasteiger partial charge in [0.05, 0.1) is 0 Å². The molecule has 1 fully saturated rings. The number of hydrogen-bond acceptors (Lipinski definition) is 2. The number of nitrogens with one attached hydrogen (secondary N) is 1. The molecule has 0 heterocycles. The summed E-state index contributed by atoms with van der Waals surface area (Å²) < 4.78 is 0. The first-order valence-corrected chi connectivity index (χ1v) is 7.00. The molecule has 0 aromatic heterocycles. The van der Waals surface area contributed by atoms with Crippen molar-refractivity contribution in [2.24, 2.45) is 5.92 Å². The van der Waals surface area contributed by atoms with E-state index >= 15 is 0 Å². The van der Waals surface area contributed by atoms with Crippen molar-refractivity contribution in [3.8, 4) is 0 Å². The van der Waals surface area contributed by atoms with Crippen molar-refractivity contribution in [3.63, 3.8) is 0 Å². The van der Waals surface area contributed by atoms with Crippen molar-refractivity contribution in [2.45, 2.75) is 45.1 Å². The van der Waals surface area contributed by atoms with Gasteiger partial charge >= 0.3 is 0 Å². The highest BCUT2D eigenvalue weighted by atomic mass is 32.2. The summed E-state index contributed by atoms with van der Waals surface area (Å²) in [4.78, 5) is 0. The topological polar surface area (TPSA) is 12.0 Å². The Hall–Kier alpha value is 0.310. The standard InChI is InChI=1S/C11H23NS/c1-3-10-6-4-7-11(10)12-8-5-9-13-2/h10-12H,3-9H2,1-2H3. The molecule has 1 rings (SSSR count). The third kappa shape index (κ3) is 3.90. The lowest BCUT2D eigenvalue weighted by Crippen LogP contribution is -2.33. The summed E-state index contributed by atoms with van der Waals surface area (Å²) in [6.07, 6.45) is 9.19. The molecule has 0 saturated heterocycles. The van der Waals surface area contributed by atoms with Crippen LogP contribution >= 0.6 is 11.8 Å². The van der Waals surface area contributed by atoms with Crippen molar-refractivity contribution < 1.29 is 0 Å². The third-order valence-electron chi connectivity index (χ3n) is 3.12. The highest BCUT2D eigenvalue weighted by Crippen LogP contribution is 2.27. The van der Waals surface area contributed by atoms with Gasteiger partial charge in [0.25, 0.3) is 0 Å². The molecular formula is C11H23NS. The van der Waals surface area contributed by atoms with Gasteiger partial charge in [-0.25, -0.2) is 0 Å². The smallest absolute Gasteiger partial charge is 0.00952 e. The van der Waals surface area contributed by atoms with Crippen LogP contribution in [-0.2, 0) is 0 Å². The molecule has 0 aliphatic heterocycles. The largest absolute Gasteiger partial charge is 0.314 e. The average molecular weight is 201 g/mol. The van der Waals surface area contributed by atoms with E-state index in [0.717, 1.165) is 12.0 Å².